The smallest absolute Gasteiger partial charge is 0.306 e. The Morgan fingerprint density at radius 2 is 1.75 bits per heavy atom. The third kappa shape index (κ3) is 2.70. The summed E-state index contributed by atoms with van der Waals surface area (Å²) in [5.74, 6) is -0.199. The van der Waals surface area contributed by atoms with Gasteiger partial charge in [0.1, 0.15) is 0 Å². The Labute approximate surface area is 120 Å². The zero-order valence-corrected chi connectivity index (χ0v) is 12.1. The molecule has 0 spiro atoms. The molecule has 0 aromatic rings. The highest BCUT2D eigenvalue weighted by Gasteiger charge is 2.49. The van der Waals surface area contributed by atoms with Crippen LogP contribution in [0.2, 0.25) is 0 Å². The van der Waals surface area contributed by atoms with Crippen LogP contribution in [0.25, 0.3) is 0 Å². The molecule has 0 saturated heterocycles. The number of rotatable bonds is 5. The first-order valence-electron chi connectivity index (χ1n) is 8.11. The SMILES string of the molecule is O=C(O)C1CCCC(C(=O)NCC2(C3CC3)CCC2)C1. The van der Waals surface area contributed by atoms with Crippen molar-refractivity contribution >= 4 is 11.9 Å². The summed E-state index contributed by atoms with van der Waals surface area (Å²) in [6.45, 7) is 0.824. The van der Waals surface area contributed by atoms with Crippen LogP contribution in [0, 0.1) is 23.2 Å². The van der Waals surface area contributed by atoms with E-state index >= 15 is 0 Å². The van der Waals surface area contributed by atoms with E-state index in [1.807, 2.05) is 0 Å². The highest BCUT2D eigenvalue weighted by atomic mass is 16.4. The molecule has 0 heterocycles. The fraction of sp³-hybridized carbons (Fsp3) is 0.875. The second kappa shape index (κ2) is 5.38. The summed E-state index contributed by atoms with van der Waals surface area (Å²) < 4.78 is 0. The van der Waals surface area contributed by atoms with Crippen molar-refractivity contribution < 1.29 is 14.7 Å². The number of carbonyl (C=O) groups is 2. The topological polar surface area (TPSA) is 66.4 Å². The van der Waals surface area contributed by atoms with Crippen LogP contribution < -0.4 is 5.32 Å². The maximum Gasteiger partial charge on any atom is 0.306 e. The summed E-state index contributed by atoms with van der Waals surface area (Å²) in [4.78, 5) is 23.4. The van der Waals surface area contributed by atoms with E-state index in [2.05, 4.69) is 5.32 Å². The summed E-state index contributed by atoms with van der Waals surface area (Å²) in [7, 11) is 0. The van der Waals surface area contributed by atoms with Crippen LogP contribution in [0.5, 0.6) is 0 Å². The minimum Gasteiger partial charge on any atom is -0.481 e. The van der Waals surface area contributed by atoms with Crippen LogP contribution in [0.3, 0.4) is 0 Å². The van der Waals surface area contributed by atoms with Gasteiger partial charge in [0.25, 0.3) is 0 Å². The van der Waals surface area contributed by atoms with E-state index in [4.69, 9.17) is 5.11 Å². The van der Waals surface area contributed by atoms with Gasteiger partial charge in [-0.05, 0) is 56.3 Å². The lowest BCUT2D eigenvalue weighted by Gasteiger charge is -2.43. The Morgan fingerprint density at radius 1 is 1.05 bits per heavy atom. The van der Waals surface area contributed by atoms with Gasteiger partial charge in [-0.15, -0.1) is 0 Å². The number of hydrogen-bond donors (Lipinski definition) is 2. The lowest BCUT2D eigenvalue weighted by Crippen LogP contribution is -2.46. The molecule has 0 bridgehead atoms. The second-order valence-corrected chi connectivity index (χ2v) is 7.11. The highest BCUT2D eigenvalue weighted by Crippen LogP contribution is 2.56. The molecule has 3 aliphatic carbocycles. The van der Waals surface area contributed by atoms with E-state index in [1.54, 1.807) is 0 Å². The van der Waals surface area contributed by atoms with E-state index < -0.39 is 5.97 Å². The molecule has 2 unspecified atom stereocenters. The van der Waals surface area contributed by atoms with Gasteiger partial charge in [-0.2, -0.15) is 0 Å². The van der Waals surface area contributed by atoms with E-state index in [9.17, 15) is 9.59 Å². The van der Waals surface area contributed by atoms with Crippen molar-refractivity contribution in [3.8, 4) is 0 Å². The van der Waals surface area contributed by atoms with Gasteiger partial charge in [-0.1, -0.05) is 12.8 Å². The predicted octanol–water partition coefficient (Wildman–Crippen LogP) is 2.57. The molecule has 3 rings (SSSR count). The molecule has 3 fully saturated rings. The summed E-state index contributed by atoms with van der Waals surface area (Å²) in [5, 5.41) is 12.2. The van der Waals surface area contributed by atoms with E-state index in [0.717, 1.165) is 31.7 Å². The van der Waals surface area contributed by atoms with E-state index in [-0.39, 0.29) is 17.7 Å². The number of carboxylic acid groups (broad SMARTS) is 1. The predicted molar refractivity (Wildman–Crippen MR) is 75.1 cm³/mol. The fourth-order valence-electron chi connectivity index (χ4n) is 4.12. The number of nitrogens with one attached hydrogen (secondary N) is 1. The van der Waals surface area contributed by atoms with Gasteiger partial charge in [0.2, 0.25) is 5.91 Å². The average molecular weight is 279 g/mol. The average Bonchev–Trinajstić information content (AvgIpc) is 3.22. The molecule has 4 nitrogen and oxygen atoms in total. The summed E-state index contributed by atoms with van der Waals surface area (Å²) in [6.07, 6.45) is 9.47. The molecule has 2 atom stereocenters. The number of amides is 1. The molecular formula is C16H25NO3. The monoisotopic (exact) mass is 279 g/mol. The minimum absolute atomic E-state index is 0.0822. The van der Waals surface area contributed by atoms with Crippen molar-refractivity contribution in [2.24, 2.45) is 23.2 Å². The molecule has 0 radical (unpaired) electrons. The summed E-state index contributed by atoms with van der Waals surface area (Å²) in [5.41, 5.74) is 0.399. The third-order valence-corrected chi connectivity index (χ3v) is 5.80. The quantitative estimate of drug-likeness (QED) is 0.813. The fourth-order valence-corrected chi connectivity index (χ4v) is 4.12. The Kier molecular flexibility index (Phi) is 3.74. The molecule has 20 heavy (non-hydrogen) atoms. The van der Waals surface area contributed by atoms with Gasteiger partial charge < -0.3 is 10.4 Å². The van der Waals surface area contributed by atoms with Crippen molar-refractivity contribution in [3.05, 3.63) is 0 Å². The molecule has 3 saturated carbocycles. The molecule has 2 N–H and O–H groups in total. The van der Waals surface area contributed by atoms with Gasteiger partial charge in [0.05, 0.1) is 5.92 Å². The van der Waals surface area contributed by atoms with Crippen LogP contribution in [0.4, 0.5) is 0 Å². The summed E-state index contributed by atoms with van der Waals surface area (Å²) in [6, 6.07) is 0. The van der Waals surface area contributed by atoms with Crippen LogP contribution in [0.15, 0.2) is 0 Å². The zero-order valence-electron chi connectivity index (χ0n) is 12.1. The molecule has 0 aromatic heterocycles. The van der Waals surface area contributed by atoms with Crippen molar-refractivity contribution in [1.29, 1.82) is 0 Å². The molecule has 1 amide bonds. The van der Waals surface area contributed by atoms with Gasteiger partial charge in [-0.3, -0.25) is 9.59 Å². The molecule has 112 valence electrons. The standard InChI is InChI=1S/C16H25NO3/c18-14(11-3-1-4-12(9-11)15(19)20)17-10-16(7-2-8-16)13-5-6-13/h11-13H,1-10H2,(H,17,18)(H,19,20). The van der Waals surface area contributed by atoms with E-state index in [1.165, 1.54) is 32.1 Å². The van der Waals surface area contributed by atoms with Gasteiger partial charge in [0, 0.05) is 12.5 Å². The van der Waals surface area contributed by atoms with Crippen molar-refractivity contribution in [2.45, 2.75) is 57.8 Å². The number of carbonyl (C=O) groups excluding carboxylic acids is 1. The normalized spacial score (nSPS) is 32.2. The Bertz CT molecular complexity index is 399. The second-order valence-electron chi connectivity index (χ2n) is 7.11. The van der Waals surface area contributed by atoms with Crippen molar-refractivity contribution in [2.75, 3.05) is 6.54 Å². The minimum atomic E-state index is -0.740. The maximum absolute atomic E-state index is 12.3. The molecule has 0 aromatic carbocycles. The first-order valence-corrected chi connectivity index (χ1v) is 8.11. The van der Waals surface area contributed by atoms with Crippen LogP contribution in [-0.4, -0.2) is 23.5 Å². The van der Waals surface area contributed by atoms with E-state index in [0.29, 0.717) is 11.8 Å². The molecule has 3 aliphatic rings. The third-order valence-electron chi connectivity index (χ3n) is 5.80. The molecule has 4 heteroatoms. The first-order chi connectivity index (χ1) is 9.61. The zero-order chi connectivity index (χ0) is 14.2. The van der Waals surface area contributed by atoms with Gasteiger partial charge in [0.15, 0.2) is 0 Å². The Hall–Kier alpha value is -1.06. The van der Waals surface area contributed by atoms with Gasteiger partial charge in [-0.25, -0.2) is 0 Å². The lowest BCUT2D eigenvalue weighted by molar-refractivity contribution is -0.144. The van der Waals surface area contributed by atoms with Crippen LogP contribution in [0.1, 0.15) is 57.8 Å². The highest BCUT2D eigenvalue weighted by molar-refractivity contribution is 5.80. The van der Waals surface area contributed by atoms with Crippen LogP contribution >= 0.6 is 0 Å². The Morgan fingerprint density at radius 3 is 2.30 bits per heavy atom. The summed E-state index contributed by atoms with van der Waals surface area (Å²) >= 11 is 0. The Balaban J connectivity index is 1.50. The number of carboxylic acids is 1. The number of hydrogen-bond acceptors (Lipinski definition) is 2. The molecule has 0 aliphatic heterocycles. The molecular weight excluding hydrogens is 254 g/mol. The largest absolute Gasteiger partial charge is 0.481 e. The van der Waals surface area contributed by atoms with Crippen LogP contribution in [-0.2, 0) is 9.59 Å². The van der Waals surface area contributed by atoms with Crippen molar-refractivity contribution in [1.82, 2.24) is 5.32 Å². The van der Waals surface area contributed by atoms with Crippen molar-refractivity contribution in [3.63, 3.8) is 0 Å². The first kappa shape index (κ1) is 13.9. The maximum atomic E-state index is 12.3. The number of aliphatic carboxylic acids is 1. The lowest BCUT2D eigenvalue weighted by atomic mass is 9.65. The van der Waals surface area contributed by atoms with Gasteiger partial charge >= 0.3 is 5.97 Å².